The van der Waals surface area contributed by atoms with Gasteiger partial charge in [-0.1, -0.05) is 47.3 Å². The summed E-state index contributed by atoms with van der Waals surface area (Å²) in [5, 5.41) is 14.4. The molecule has 3 aromatic carbocycles. The van der Waals surface area contributed by atoms with Crippen LogP contribution in [0.3, 0.4) is 0 Å². The Hall–Kier alpha value is -3.50. The molecule has 5 rings (SSSR count). The second kappa shape index (κ2) is 13.0. The van der Waals surface area contributed by atoms with Gasteiger partial charge < -0.3 is 14.6 Å². The first-order chi connectivity index (χ1) is 19.8. The first-order valence-electron chi connectivity index (χ1n) is 13.5. The second-order valence-corrected chi connectivity index (χ2v) is 11.7. The first-order valence-corrected chi connectivity index (χ1v) is 15.1. The Balaban J connectivity index is 1.49. The number of hydrogen-bond donors (Lipinski definition) is 1. The Morgan fingerprint density at radius 1 is 1.10 bits per heavy atom. The van der Waals surface area contributed by atoms with E-state index in [0.29, 0.717) is 44.9 Å². The lowest BCUT2D eigenvalue weighted by molar-refractivity contribution is 0.0696. The van der Waals surface area contributed by atoms with Gasteiger partial charge in [-0.2, -0.15) is 9.78 Å². The summed E-state index contributed by atoms with van der Waals surface area (Å²) in [4.78, 5) is 29.9. The van der Waals surface area contributed by atoms with E-state index in [4.69, 9.17) is 14.5 Å². The summed E-state index contributed by atoms with van der Waals surface area (Å²) in [5.74, 6) is 0.850. The van der Waals surface area contributed by atoms with Gasteiger partial charge >= 0.3 is 5.97 Å². The van der Waals surface area contributed by atoms with Crippen molar-refractivity contribution in [3.63, 3.8) is 0 Å². The van der Waals surface area contributed by atoms with Crippen molar-refractivity contribution in [1.82, 2.24) is 9.66 Å². The van der Waals surface area contributed by atoms with Crippen molar-refractivity contribution < 1.29 is 19.4 Å². The topological polar surface area (TPSA) is 103 Å². The molecule has 10 heteroatoms. The number of ether oxygens (including phenoxy) is 2. The van der Waals surface area contributed by atoms with Gasteiger partial charge in [0.25, 0.3) is 5.56 Å². The molecule has 0 amide bonds. The molecule has 1 heterocycles. The Morgan fingerprint density at radius 3 is 2.66 bits per heavy atom. The number of nitrogens with zero attached hydrogens (tertiary/aromatic N) is 3. The normalized spacial score (nSPS) is 14.0. The van der Waals surface area contributed by atoms with Crippen molar-refractivity contribution in [3.05, 3.63) is 96.4 Å². The standard InChI is InChI=1S/C31H29Br2N3O5/c1-2-40-27-15-20(14-25(33)28(27)41-18-19-7-6-10-22(13-19)31(38)39)17-34-36-29(21-8-4-3-5-9-21)35-26-12-11-23(32)16-24(26)30(36)37/h6-7,10-17,21H,2-5,8-9,18H2,1H3,(H,38,39). The van der Waals surface area contributed by atoms with Gasteiger partial charge in [0.15, 0.2) is 11.5 Å². The van der Waals surface area contributed by atoms with E-state index in [9.17, 15) is 14.7 Å². The van der Waals surface area contributed by atoms with Gasteiger partial charge in [0, 0.05) is 10.4 Å². The molecule has 0 radical (unpaired) electrons. The predicted octanol–water partition coefficient (Wildman–Crippen LogP) is 7.53. The molecule has 0 saturated heterocycles. The second-order valence-electron chi connectivity index (χ2n) is 9.89. The summed E-state index contributed by atoms with van der Waals surface area (Å²) in [6.45, 7) is 2.45. The fraction of sp³-hybridized carbons (Fsp3) is 0.290. The van der Waals surface area contributed by atoms with E-state index in [0.717, 1.165) is 35.7 Å². The maximum atomic E-state index is 13.6. The highest BCUT2D eigenvalue weighted by Crippen LogP contribution is 2.37. The molecular weight excluding hydrogens is 654 g/mol. The SMILES string of the molecule is CCOc1cc(C=Nn2c(C3CCCCC3)nc3ccc(Br)cc3c2=O)cc(Br)c1OCc1cccc(C(=O)O)c1. The van der Waals surface area contributed by atoms with Crippen LogP contribution in [0.4, 0.5) is 0 Å². The van der Waals surface area contributed by atoms with Crippen LogP contribution in [0, 0.1) is 0 Å². The molecule has 0 bridgehead atoms. The minimum Gasteiger partial charge on any atom is -0.490 e. The molecule has 8 nitrogen and oxygen atoms in total. The van der Waals surface area contributed by atoms with Gasteiger partial charge in [0.1, 0.15) is 12.4 Å². The Morgan fingerprint density at radius 2 is 1.90 bits per heavy atom. The van der Waals surface area contributed by atoms with Gasteiger partial charge in [-0.05, 0) is 89.3 Å². The molecule has 1 aromatic heterocycles. The number of carboxylic acid groups (broad SMARTS) is 1. The molecule has 0 atom stereocenters. The lowest BCUT2D eigenvalue weighted by Gasteiger charge is -2.22. The van der Waals surface area contributed by atoms with Gasteiger partial charge in [0.05, 0.1) is 33.8 Å². The van der Waals surface area contributed by atoms with Crippen LogP contribution in [-0.2, 0) is 6.61 Å². The van der Waals surface area contributed by atoms with E-state index in [-0.39, 0.29) is 23.6 Å². The summed E-state index contributed by atoms with van der Waals surface area (Å²) in [7, 11) is 0. The number of aromatic nitrogens is 2. The van der Waals surface area contributed by atoms with Crippen LogP contribution in [0.15, 0.2) is 73.4 Å². The van der Waals surface area contributed by atoms with Crippen molar-refractivity contribution in [2.24, 2.45) is 5.10 Å². The monoisotopic (exact) mass is 681 g/mol. The number of fused-ring (bicyclic) bond motifs is 1. The van der Waals surface area contributed by atoms with Gasteiger partial charge in [-0.15, -0.1) is 0 Å². The number of halogens is 2. The van der Waals surface area contributed by atoms with Crippen LogP contribution in [0.2, 0.25) is 0 Å². The van der Waals surface area contributed by atoms with Crippen molar-refractivity contribution in [2.75, 3.05) is 6.61 Å². The molecule has 41 heavy (non-hydrogen) atoms. The van der Waals surface area contributed by atoms with Crippen molar-refractivity contribution in [3.8, 4) is 11.5 Å². The maximum Gasteiger partial charge on any atom is 0.335 e. The Labute approximate surface area is 254 Å². The summed E-state index contributed by atoms with van der Waals surface area (Å²) in [6, 6.07) is 15.8. The lowest BCUT2D eigenvalue weighted by Crippen LogP contribution is -2.25. The van der Waals surface area contributed by atoms with Crippen molar-refractivity contribution >= 4 is 54.9 Å². The van der Waals surface area contributed by atoms with Crippen LogP contribution in [0.25, 0.3) is 10.9 Å². The van der Waals surface area contributed by atoms with Crippen LogP contribution in [-0.4, -0.2) is 33.6 Å². The van der Waals surface area contributed by atoms with Gasteiger partial charge in [0.2, 0.25) is 0 Å². The minimum absolute atomic E-state index is 0.158. The van der Waals surface area contributed by atoms with E-state index in [2.05, 4.69) is 37.0 Å². The molecule has 1 saturated carbocycles. The number of carboxylic acids is 1. The average molecular weight is 683 g/mol. The van der Waals surface area contributed by atoms with E-state index in [1.54, 1.807) is 36.5 Å². The van der Waals surface area contributed by atoms with Crippen molar-refractivity contribution in [1.29, 1.82) is 0 Å². The number of carbonyl (C=O) groups is 1. The largest absolute Gasteiger partial charge is 0.490 e. The van der Waals surface area contributed by atoms with Crippen LogP contribution < -0.4 is 15.0 Å². The zero-order valence-corrected chi connectivity index (χ0v) is 25.7. The zero-order chi connectivity index (χ0) is 28.9. The van der Waals surface area contributed by atoms with E-state index < -0.39 is 5.97 Å². The highest BCUT2D eigenvalue weighted by molar-refractivity contribution is 9.10. The summed E-state index contributed by atoms with van der Waals surface area (Å²) in [5.41, 5.74) is 2.08. The van der Waals surface area contributed by atoms with Gasteiger partial charge in [-0.3, -0.25) is 4.79 Å². The zero-order valence-electron chi connectivity index (χ0n) is 22.5. The van der Waals surface area contributed by atoms with Crippen LogP contribution in [0.1, 0.15) is 72.3 Å². The molecule has 1 aliphatic carbocycles. The molecule has 1 fully saturated rings. The quantitative estimate of drug-likeness (QED) is 0.183. The Bertz CT molecular complexity index is 1680. The van der Waals surface area contributed by atoms with Gasteiger partial charge in [-0.25, -0.2) is 9.78 Å². The molecule has 4 aromatic rings. The molecule has 1 N–H and O–H groups in total. The summed E-state index contributed by atoms with van der Waals surface area (Å²) >= 11 is 7.06. The third-order valence-electron chi connectivity index (χ3n) is 7.01. The third-order valence-corrected chi connectivity index (χ3v) is 8.10. The molecule has 212 valence electrons. The smallest absolute Gasteiger partial charge is 0.335 e. The molecule has 0 aliphatic heterocycles. The molecule has 1 aliphatic rings. The highest BCUT2D eigenvalue weighted by atomic mass is 79.9. The first kappa shape index (κ1) is 29.0. The third kappa shape index (κ3) is 6.70. The minimum atomic E-state index is -0.994. The molecular formula is C31H29Br2N3O5. The highest BCUT2D eigenvalue weighted by Gasteiger charge is 2.23. The predicted molar refractivity (Wildman–Crippen MR) is 166 cm³/mol. The summed E-state index contributed by atoms with van der Waals surface area (Å²) < 4.78 is 14.8. The number of rotatable bonds is 9. The van der Waals surface area contributed by atoms with Crippen LogP contribution in [0.5, 0.6) is 11.5 Å². The Kier molecular flexibility index (Phi) is 9.19. The lowest BCUT2D eigenvalue weighted by atomic mass is 9.88. The van der Waals surface area contributed by atoms with Crippen molar-refractivity contribution in [2.45, 2.75) is 51.6 Å². The summed E-state index contributed by atoms with van der Waals surface area (Å²) in [6.07, 6.45) is 6.99. The van der Waals surface area contributed by atoms with E-state index in [1.807, 2.05) is 25.1 Å². The van der Waals surface area contributed by atoms with Crippen LogP contribution >= 0.6 is 31.9 Å². The number of benzene rings is 3. The average Bonchev–Trinajstić information content (AvgIpc) is 2.97. The maximum absolute atomic E-state index is 13.6. The number of aromatic carboxylic acids is 1. The fourth-order valence-corrected chi connectivity index (χ4v) is 5.98. The fourth-order valence-electron chi connectivity index (χ4n) is 5.04. The number of hydrogen-bond acceptors (Lipinski definition) is 6. The van der Waals surface area contributed by atoms with E-state index in [1.165, 1.54) is 17.2 Å². The molecule has 0 unspecified atom stereocenters. The molecule has 0 spiro atoms. The van der Waals surface area contributed by atoms with E-state index >= 15 is 0 Å².